The van der Waals surface area contributed by atoms with Gasteiger partial charge in [0.1, 0.15) is 0 Å². The monoisotopic (exact) mass is 140 g/mol. The summed E-state index contributed by atoms with van der Waals surface area (Å²) in [6.07, 6.45) is 0.389. The van der Waals surface area contributed by atoms with Crippen molar-refractivity contribution < 1.29 is 28.3 Å². The number of ether oxygens (including phenoxy) is 2. The van der Waals surface area contributed by atoms with Crippen molar-refractivity contribution in [2.24, 2.45) is 0 Å². The zero-order valence-corrected chi connectivity index (χ0v) is 7.97. The molecule has 3 heteroatoms. The minimum Gasteiger partial charge on any atom is -0.379 e. The number of hydrogen-bond acceptors (Lipinski definition) is 2. The van der Waals surface area contributed by atoms with Crippen molar-refractivity contribution in [1.29, 1.82) is 0 Å². The minimum absolute atomic E-state index is 0. The van der Waals surface area contributed by atoms with Crippen LogP contribution in [0.3, 0.4) is 0 Å². The summed E-state index contributed by atoms with van der Waals surface area (Å²) >= 11 is 0. The van der Waals surface area contributed by atoms with Gasteiger partial charge in [-0.1, -0.05) is 0 Å². The first-order valence-corrected chi connectivity index (χ1v) is 2.78. The average molecular weight is 140 g/mol. The van der Waals surface area contributed by atoms with Gasteiger partial charge in [-0.05, 0) is 13.8 Å². The molecule has 0 unspecified atom stereocenters. The Balaban J connectivity index is -0.000000245. The largest absolute Gasteiger partial charge is 1.00 e. The van der Waals surface area contributed by atoms with Crippen LogP contribution in [0.25, 0.3) is 0 Å². The van der Waals surface area contributed by atoms with E-state index in [4.69, 9.17) is 9.47 Å². The van der Waals surface area contributed by atoms with Crippen molar-refractivity contribution >= 4 is 0 Å². The second-order valence-corrected chi connectivity index (χ2v) is 1.88. The van der Waals surface area contributed by atoms with Crippen LogP contribution in [0, 0.1) is 7.43 Å². The van der Waals surface area contributed by atoms with Crippen molar-refractivity contribution in [2.45, 2.75) is 26.1 Å². The summed E-state index contributed by atoms with van der Waals surface area (Å²) in [6.45, 7) is 3.96. The Kier molecular flexibility index (Phi) is 16.0. The zero-order valence-electron chi connectivity index (χ0n) is 7.97. The molecular formula is C7H17LiO2. The van der Waals surface area contributed by atoms with Gasteiger partial charge in [-0.3, -0.25) is 0 Å². The zero-order chi connectivity index (χ0) is 6.57. The fraction of sp³-hybridized carbons (Fsp3) is 0.857. The molecule has 0 aliphatic heterocycles. The molecule has 0 heterocycles. The summed E-state index contributed by atoms with van der Waals surface area (Å²) in [5.74, 6) is 0. The topological polar surface area (TPSA) is 18.5 Å². The fourth-order valence-corrected chi connectivity index (χ4v) is 0.383. The SMILES string of the molecule is CO[C@@H](C)[C@H](C)OC.[CH3-].[Li+]. The fourth-order valence-electron chi connectivity index (χ4n) is 0.383. The maximum absolute atomic E-state index is 4.98. The summed E-state index contributed by atoms with van der Waals surface area (Å²) in [6, 6.07) is 0. The maximum atomic E-state index is 4.98. The van der Waals surface area contributed by atoms with Gasteiger partial charge in [0.05, 0.1) is 12.2 Å². The molecule has 0 radical (unpaired) electrons. The second-order valence-electron chi connectivity index (χ2n) is 1.88. The molecule has 2 nitrogen and oxygen atoms in total. The van der Waals surface area contributed by atoms with Crippen molar-refractivity contribution in [3.63, 3.8) is 0 Å². The van der Waals surface area contributed by atoms with E-state index >= 15 is 0 Å². The normalized spacial score (nSPS) is 14.4. The van der Waals surface area contributed by atoms with Gasteiger partial charge < -0.3 is 16.9 Å². The molecule has 0 fully saturated rings. The molecule has 0 aromatic rings. The summed E-state index contributed by atoms with van der Waals surface area (Å²) in [7, 11) is 3.36. The standard InChI is InChI=1S/C6H14O2.CH3.Li/c1-5(7-3)6(2)8-4;;/h5-6H,1-4H3;1H3;/q;-1;+1/t5-,6-;;/m0../s1. The van der Waals surface area contributed by atoms with Gasteiger partial charge in [0.15, 0.2) is 0 Å². The molecule has 0 amide bonds. The number of methoxy groups -OCH3 is 2. The van der Waals surface area contributed by atoms with Gasteiger partial charge in [-0.15, -0.1) is 0 Å². The molecule has 0 saturated heterocycles. The molecule has 0 rings (SSSR count). The molecule has 58 valence electrons. The molecule has 0 N–H and O–H groups in total. The van der Waals surface area contributed by atoms with E-state index in [9.17, 15) is 0 Å². The van der Waals surface area contributed by atoms with E-state index in [1.165, 1.54) is 0 Å². The van der Waals surface area contributed by atoms with E-state index in [-0.39, 0.29) is 38.5 Å². The van der Waals surface area contributed by atoms with E-state index < -0.39 is 0 Å². The van der Waals surface area contributed by atoms with E-state index in [1.54, 1.807) is 14.2 Å². The van der Waals surface area contributed by atoms with Crippen LogP contribution in [-0.2, 0) is 9.47 Å². The van der Waals surface area contributed by atoms with Crippen LogP contribution in [0.2, 0.25) is 0 Å². The molecule has 0 bridgehead atoms. The van der Waals surface area contributed by atoms with E-state index in [0.717, 1.165) is 0 Å². The van der Waals surface area contributed by atoms with Crippen molar-refractivity contribution in [3.05, 3.63) is 7.43 Å². The summed E-state index contributed by atoms with van der Waals surface area (Å²) in [4.78, 5) is 0. The Labute approximate surface area is 76.5 Å². The summed E-state index contributed by atoms with van der Waals surface area (Å²) in [5.41, 5.74) is 0. The van der Waals surface area contributed by atoms with Crippen LogP contribution >= 0.6 is 0 Å². The molecule has 2 atom stereocenters. The number of rotatable bonds is 3. The van der Waals surface area contributed by atoms with E-state index in [1.807, 2.05) is 13.8 Å². The van der Waals surface area contributed by atoms with Crippen LogP contribution in [0.4, 0.5) is 0 Å². The predicted octanol–water partition coefficient (Wildman–Crippen LogP) is -1.49. The quantitative estimate of drug-likeness (QED) is 0.351. The van der Waals surface area contributed by atoms with Crippen LogP contribution < -0.4 is 18.9 Å². The van der Waals surface area contributed by atoms with E-state index in [0.29, 0.717) is 0 Å². The Morgan fingerprint density at radius 2 is 1.10 bits per heavy atom. The van der Waals surface area contributed by atoms with Crippen molar-refractivity contribution in [2.75, 3.05) is 14.2 Å². The molecule has 0 aromatic heterocycles. The smallest absolute Gasteiger partial charge is 0.379 e. The predicted molar refractivity (Wildman–Crippen MR) is 39.4 cm³/mol. The van der Waals surface area contributed by atoms with Gasteiger partial charge >= 0.3 is 18.9 Å². The van der Waals surface area contributed by atoms with Gasteiger partial charge in [-0.25, -0.2) is 0 Å². The first-order valence-electron chi connectivity index (χ1n) is 2.78. The Morgan fingerprint density at radius 3 is 1.20 bits per heavy atom. The van der Waals surface area contributed by atoms with Gasteiger partial charge in [0.2, 0.25) is 0 Å². The molecule has 0 aromatic carbocycles. The third-order valence-corrected chi connectivity index (χ3v) is 1.40. The molecule has 0 aliphatic rings. The van der Waals surface area contributed by atoms with Crippen molar-refractivity contribution in [3.8, 4) is 0 Å². The van der Waals surface area contributed by atoms with Crippen LogP contribution in [0.1, 0.15) is 13.8 Å². The first kappa shape index (κ1) is 16.9. The van der Waals surface area contributed by atoms with Crippen LogP contribution in [-0.4, -0.2) is 26.4 Å². The third kappa shape index (κ3) is 6.63. The Morgan fingerprint density at radius 1 is 0.900 bits per heavy atom. The Hall–Kier alpha value is 0.517. The summed E-state index contributed by atoms with van der Waals surface area (Å²) in [5, 5.41) is 0. The summed E-state index contributed by atoms with van der Waals surface area (Å²) < 4.78 is 9.96. The average Bonchev–Trinajstić information content (AvgIpc) is 1.84. The van der Waals surface area contributed by atoms with Gasteiger partial charge in [0.25, 0.3) is 0 Å². The molecular weight excluding hydrogens is 123 g/mol. The molecule has 0 spiro atoms. The molecule has 10 heavy (non-hydrogen) atoms. The Bertz CT molecular complexity index is 51.6. The minimum atomic E-state index is 0. The van der Waals surface area contributed by atoms with Gasteiger partial charge in [0, 0.05) is 14.2 Å². The van der Waals surface area contributed by atoms with Gasteiger partial charge in [-0.2, -0.15) is 0 Å². The molecule has 0 aliphatic carbocycles. The van der Waals surface area contributed by atoms with E-state index in [2.05, 4.69) is 0 Å². The van der Waals surface area contributed by atoms with Crippen molar-refractivity contribution in [1.82, 2.24) is 0 Å². The second kappa shape index (κ2) is 9.52. The maximum Gasteiger partial charge on any atom is 1.00 e. The first-order chi connectivity index (χ1) is 3.72. The third-order valence-electron chi connectivity index (χ3n) is 1.40. The number of hydrogen-bond donors (Lipinski definition) is 0. The van der Waals surface area contributed by atoms with Crippen LogP contribution in [0.5, 0.6) is 0 Å². The molecule has 0 saturated carbocycles. The van der Waals surface area contributed by atoms with Crippen LogP contribution in [0.15, 0.2) is 0 Å².